The fourth-order valence-corrected chi connectivity index (χ4v) is 8.20. The van der Waals surface area contributed by atoms with Gasteiger partial charge >= 0.3 is 0 Å². The summed E-state index contributed by atoms with van der Waals surface area (Å²) in [6.45, 7) is 7.94. The van der Waals surface area contributed by atoms with E-state index >= 15 is 0 Å². The van der Waals surface area contributed by atoms with E-state index in [4.69, 9.17) is 0 Å². The molecule has 2 N–H and O–H groups in total. The van der Waals surface area contributed by atoms with Crippen molar-refractivity contribution in [2.75, 3.05) is 20.1 Å². The monoisotopic (exact) mass is 585 g/mol. The Morgan fingerprint density at radius 1 is 1.05 bits per heavy atom. The van der Waals surface area contributed by atoms with Crippen molar-refractivity contribution < 1.29 is 15.0 Å². The lowest BCUT2D eigenvalue weighted by atomic mass is 9.64. The van der Waals surface area contributed by atoms with E-state index in [0.717, 1.165) is 65.1 Å². The minimum absolute atomic E-state index is 0.0556. The molecule has 1 aromatic heterocycles. The molecule has 1 fully saturated rings. The average Bonchev–Trinajstić information content (AvgIpc) is 3.51. The minimum Gasteiger partial charge on any atom is -0.393 e. The van der Waals surface area contributed by atoms with E-state index in [0.29, 0.717) is 25.8 Å². The summed E-state index contributed by atoms with van der Waals surface area (Å²) in [4.78, 5) is 18.2. The first-order valence-electron chi connectivity index (χ1n) is 15.6. The first-order chi connectivity index (χ1) is 20.1. The number of thiophene rings is 1. The number of benzene rings is 2. The summed E-state index contributed by atoms with van der Waals surface area (Å²) in [6, 6.07) is 20.8. The van der Waals surface area contributed by atoms with Gasteiger partial charge < -0.3 is 15.1 Å². The van der Waals surface area contributed by atoms with Crippen LogP contribution in [-0.4, -0.2) is 52.7 Å². The summed E-state index contributed by atoms with van der Waals surface area (Å²) in [5.74, 6) is 0.112. The lowest BCUT2D eigenvalue weighted by molar-refractivity contribution is -0.0798. The maximum atomic E-state index is 14.1. The summed E-state index contributed by atoms with van der Waals surface area (Å²) >= 11 is 1.54. The van der Waals surface area contributed by atoms with Crippen LogP contribution >= 0.6 is 11.3 Å². The number of hydrogen-bond donors (Lipinski definition) is 2. The Hall–Kier alpha value is -2.57. The molecule has 3 aromatic rings. The van der Waals surface area contributed by atoms with Crippen LogP contribution in [0.4, 0.5) is 0 Å². The number of hydrogen-bond acceptors (Lipinski definition) is 5. The Kier molecular flexibility index (Phi) is 9.53. The predicted octanol–water partition coefficient (Wildman–Crippen LogP) is 7.50. The van der Waals surface area contributed by atoms with Crippen LogP contribution in [0.2, 0.25) is 0 Å². The third-order valence-electron chi connectivity index (χ3n) is 10.0. The number of aliphatic hydroxyl groups excluding tert-OH is 1. The van der Waals surface area contributed by atoms with Crippen molar-refractivity contribution in [3.63, 3.8) is 0 Å². The standard InChI is InChI=1S/C37H47NO3S/c1-26-9-8-20-36(3)33(18-21-37(36,41)25-38(4)22-19-28-10-6-5-7-11-28)31-16-14-29(23-30(39)15-12-26)24-32(31)35(40)34-17-13-27(2)42-34/h5-7,9-11,13-14,16-17,24,30,33,39,41H,8,12,15,18-23,25H2,1-4H3/t30-,33-,36-,37+/m0/s1. The molecule has 6 rings (SSSR count). The van der Waals surface area contributed by atoms with E-state index in [2.05, 4.69) is 68.3 Å². The molecule has 5 heteroatoms. The Morgan fingerprint density at radius 2 is 1.83 bits per heavy atom. The smallest absolute Gasteiger partial charge is 0.203 e. The highest BCUT2D eigenvalue weighted by atomic mass is 32.1. The Balaban J connectivity index is 1.51. The van der Waals surface area contributed by atoms with Crippen molar-refractivity contribution in [3.8, 4) is 0 Å². The van der Waals surface area contributed by atoms with Crippen LogP contribution in [0.5, 0.6) is 0 Å². The highest BCUT2D eigenvalue weighted by molar-refractivity contribution is 7.14. The third-order valence-corrected chi connectivity index (χ3v) is 11.0. The maximum Gasteiger partial charge on any atom is 0.203 e. The summed E-state index contributed by atoms with van der Waals surface area (Å²) in [7, 11) is 2.12. The third kappa shape index (κ3) is 6.65. The molecule has 1 saturated carbocycles. The van der Waals surface area contributed by atoms with E-state index < -0.39 is 17.1 Å². The predicted molar refractivity (Wildman–Crippen MR) is 174 cm³/mol. The number of fused-ring (bicyclic) bond motifs is 8. The van der Waals surface area contributed by atoms with Crippen LogP contribution in [0.3, 0.4) is 0 Å². The van der Waals surface area contributed by atoms with Gasteiger partial charge in [-0.25, -0.2) is 0 Å². The normalized spacial score (nSPS) is 26.6. The molecular formula is C37H47NO3S. The van der Waals surface area contributed by atoms with Gasteiger partial charge in [0.15, 0.2) is 0 Å². The lowest BCUT2D eigenvalue weighted by Gasteiger charge is -2.45. The topological polar surface area (TPSA) is 60.8 Å². The van der Waals surface area contributed by atoms with Crippen LogP contribution in [0.1, 0.15) is 95.1 Å². The van der Waals surface area contributed by atoms with Crippen LogP contribution in [0, 0.1) is 12.3 Å². The number of ketones is 1. The Morgan fingerprint density at radius 3 is 2.57 bits per heavy atom. The van der Waals surface area contributed by atoms with Crippen molar-refractivity contribution in [1.29, 1.82) is 0 Å². The highest BCUT2D eigenvalue weighted by Gasteiger charge is 2.57. The molecule has 4 atom stereocenters. The number of nitrogens with zero attached hydrogens (tertiary/aromatic N) is 1. The molecule has 2 aromatic carbocycles. The Bertz CT molecular complexity index is 1410. The molecule has 0 saturated heterocycles. The lowest BCUT2D eigenvalue weighted by Crippen LogP contribution is -2.52. The first kappa shape index (κ1) is 30.9. The van der Waals surface area contributed by atoms with Crippen LogP contribution in [0.25, 0.3) is 0 Å². The van der Waals surface area contributed by atoms with Gasteiger partial charge in [0.1, 0.15) is 0 Å². The largest absolute Gasteiger partial charge is 0.393 e. The number of allylic oxidation sites excluding steroid dienone is 2. The van der Waals surface area contributed by atoms with E-state index in [1.807, 2.05) is 31.2 Å². The molecule has 3 aliphatic rings. The molecule has 1 heterocycles. The molecule has 0 amide bonds. The fraction of sp³-hybridized carbons (Fsp3) is 0.486. The van der Waals surface area contributed by atoms with E-state index in [9.17, 15) is 15.0 Å². The molecule has 42 heavy (non-hydrogen) atoms. The first-order valence-corrected chi connectivity index (χ1v) is 16.4. The van der Waals surface area contributed by atoms with Gasteiger partial charge in [0.25, 0.3) is 0 Å². The van der Waals surface area contributed by atoms with Gasteiger partial charge in [0, 0.05) is 28.9 Å². The molecule has 2 bridgehead atoms. The summed E-state index contributed by atoms with van der Waals surface area (Å²) in [5.41, 5.74) is 4.11. The van der Waals surface area contributed by atoms with Crippen molar-refractivity contribution in [2.45, 2.75) is 89.8 Å². The molecule has 0 aliphatic heterocycles. The quantitative estimate of drug-likeness (QED) is 0.223. The molecule has 4 nitrogen and oxygen atoms in total. The second-order valence-corrected chi connectivity index (χ2v) is 14.4. The van der Waals surface area contributed by atoms with Crippen LogP contribution < -0.4 is 0 Å². The van der Waals surface area contributed by atoms with Crippen molar-refractivity contribution in [3.05, 3.63) is 104 Å². The second-order valence-electron chi connectivity index (χ2n) is 13.2. The number of carbonyl (C=O) groups excluding carboxylic acids is 1. The van der Waals surface area contributed by atoms with Crippen molar-refractivity contribution in [2.24, 2.45) is 5.41 Å². The van der Waals surface area contributed by atoms with Crippen LogP contribution in [-0.2, 0) is 12.8 Å². The molecule has 224 valence electrons. The van der Waals surface area contributed by atoms with Gasteiger partial charge in [0.05, 0.1) is 16.6 Å². The summed E-state index contributed by atoms with van der Waals surface area (Å²) in [5, 5.41) is 23.4. The van der Waals surface area contributed by atoms with Gasteiger partial charge in [-0.1, -0.05) is 61.0 Å². The van der Waals surface area contributed by atoms with Crippen molar-refractivity contribution in [1.82, 2.24) is 4.90 Å². The fourth-order valence-electron chi connectivity index (χ4n) is 7.38. The van der Waals surface area contributed by atoms with Gasteiger partial charge in [-0.3, -0.25) is 4.79 Å². The van der Waals surface area contributed by atoms with Crippen LogP contribution in [0.15, 0.2) is 72.3 Å². The van der Waals surface area contributed by atoms with E-state index in [1.54, 1.807) is 0 Å². The van der Waals surface area contributed by atoms with Crippen molar-refractivity contribution >= 4 is 17.1 Å². The number of aliphatic hydroxyl groups is 2. The van der Waals surface area contributed by atoms with Gasteiger partial charge in [-0.15, -0.1) is 11.3 Å². The van der Waals surface area contributed by atoms with E-state index in [1.165, 1.54) is 22.5 Å². The number of rotatable bonds is 7. The zero-order valence-electron chi connectivity index (χ0n) is 25.7. The summed E-state index contributed by atoms with van der Waals surface area (Å²) in [6.07, 6.45) is 8.16. The molecule has 3 aliphatic carbocycles. The maximum absolute atomic E-state index is 14.1. The highest BCUT2D eigenvalue weighted by Crippen LogP contribution is 2.58. The minimum atomic E-state index is -0.878. The number of likely N-dealkylation sites (N-methyl/N-ethyl adjacent to an activating group) is 1. The Labute approximate surface area is 256 Å². The van der Waals surface area contributed by atoms with Gasteiger partial charge in [-0.2, -0.15) is 0 Å². The molecule has 0 radical (unpaired) electrons. The zero-order chi connectivity index (χ0) is 29.9. The summed E-state index contributed by atoms with van der Waals surface area (Å²) < 4.78 is 0. The SMILES string of the molecule is CC1=CCC[C@@]2(C)[C@@H](CC[C@@]2(O)CN(C)CCc2ccccc2)c2ccc(cc2C(=O)c2ccc(C)s2)C[C@@H](O)CC1. The zero-order valence-corrected chi connectivity index (χ0v) is 26.6. The van der Waals surface area contributed by atoms with E-state index in [-0.39, 0.29) is 11.7 Å². The number of carbonyl (C=O) groups is 1. The van der Waals surface area contributed by atoms with Gasteiger partial charge in [0.2, 0.25) is 5.78 Å². The molecule has 0 spiro atoms. The van der Waals surface area contributed by atoms with Gasteiger partial charge in [-0.05, 0) is 113 Å². The number of aryl methyl sites for hydroxylation is 1. The average molecular weight is 586 g/mol. The molecular weight excluding hydrogens is 538 g/mol. The molecule has 0 unspecified atom stereocenters. The second kappa shape index (κ2) is 13.0.